The van der Waals surface area contributed by atoms with Gasteiger partial charge in [-0.3, -0.25) is 19.4 Å². The van der Waals surface area contributed by atoms with E-state index >= 15 is 0 Å². The van der Waals surface area contributed by atoms with E-state index < -0.39 is 5.60 Å². The summed E-state index contributed by atoms with van der Waals surface area (Å²) in [7, 11) is 0. The molecule has 2 saturated heterocycles. The van der Waals surface area contributed by atoms with Gasteiger partial charge in [0.15, 0.2) is 0 Å². The minimum absolute atomic E-state index is 0.00902. The van der Waals surface area contributed by atoms with Crippen molar-refractivity contribution in [2.45, 2.75) is 70.8 Å². The van der Waals surface area contributed by atoms with Crippen molar-refractivity contribution in [3.05, 3.63) is 24.8 Å². The number of piperazine rings is 1. The molecular weight excluding hydrogens is 368 g/mol. The van der Waals surface area contributed by atoms with Crippen molar-refractivity contribution in [2.75, 3.05) is 32.7 Å². The summed E-state index contributed by atoms with van der Waals surface area (Å²) in [5, 5.41) is 13.5. The molecule has 29 heavy (non-hydrogen) atoms. The van der Waals surface area contributed by atoms with E-state index in [1.165, 1.54) is 6.08 Å². The van der Waals surface area contributed by atoms with Crippen molar-refractivity contribution in [3.8, 4) is 0 Å². The van der Waals surface area contributed by atoms with Gasteiger partial charge in [0, 0.05) is 44.8 Å². The van der Waals surface area contributed by atoms with Gasteiger partial charge in [0.1, 0.15) is 0 Å². The first-order valence-electron chi connectivity index (χ1n) is 10.6. The van der Waals surface area contributed by atoms with Crippen molar-refractivity contribution in [1.82, 2.24) is 20.0 Å². The monoisotopic (exact) mass is 406 g/mol. The Morgan fingerprint density at radius 2 is 1.83 bits per heavy atom. The molecule has 3 unspecified atom stereocenters. The maximum atomic E-state index is 12.3. The fraction of sp³-hybridized carbons (Fsp3) is 0.727. The fourth-order valence-electron chi connectivity index (χ4n) is 4.35. The van der Waals surface area contributed by atoms with Crippen LogP contribution in [0.3, 0.4) is 0 Å². The number of nitrogens with zero attached hydrogens (tertiary/aromatic N) is 3. The Morgan fingerprint density at radius 1 is 1.21 bits per heavy atom. The van der Waals surface area contributed by atoms with Crippen molar-refractivity contribution >= 4 is 11.8 Å². The minimum Gasteiger partial charge on any atom is -0.389 e. The molecule has 2 amide bonds. The molecular formula is C22H38N4O3. The van der Waals surface area contributed by atoms with Crippen LogP contribution in [-0.4, -0.2) is 94.1 Å². The molecule has 0 bridgehead atoms. The van der Waals surface area contributed by atoms with Gasteiger partial charge in [-0.15, -0.1) is 0 Å². The zero-order valence-electron chi connectivity index (χ0n) is 18.6. The highest BCUT2D eigenvalue weighted by Crippen LogP contribution is 2.30. The summed E-state index contributed by atoms with van der Waals surface area (Å²) in [6.07, 6.45) is 5.67. The van der Waals surface area contributed by atoms with Crippen LogP contribution in [-0.2, 0) is 9.59 Å². The van der Waals surface area contributed by atoms with Gasteiger partial charge < -0.3 is 15.3 Å². The lowest BCUT2D eigenvalue weighted by molar-refractivity contribution is -0.129. The lowest BCUT2D eigenvalue weighted by Gasteiger charge is -2.55. The van der Waals surface area contributed by atoms with Gasteiger partial charge in [-0.2, -0.15) is 0 Å². The topological polar surface area (TPSA) is 76.1 Å². The van der Waals surface area contributed by atoms with Crippen LogP contribution in [0.1, 0.15) is 41.0 Å². The number of amides is 2. The Hall–Kier alpha value is -1.70. The summed E-state index contributed by atoms with van der Waals surface area (Å²) in [6, 6.07) is 0.526. The molecule has 0 aromatic rings. The molecule has 0 aromatic heterocycles. The average molecular weight is 407 g/mol. The molecule has 2 aliphatic heterocycles. The third-order valence-corrected chi connectivity index (χ3v) is 6.03. The molecule has 0 radical (unpaired) electrons. The highest BCUT2D eigenvalue weighted by Gasteiger charge is 2.48. The Labute approximate surface area is 175 Å². The van der Waals surface area contributed by atoms with Crippen LogP contribution in [0.15, 0.2) is 24.8 Å². The second-order valence-corrected chi connectivity index (χ2v) is 9.06. The van der Waals surface area contributed by atoms with E-state index in [2.05, 4.69) is 42.5 Å². The molecule has 0 spiro atoms. The van der Waals surface area contributed by atoms with E-state index in [1.54, 1.807) is 19.9 Å². The molecule has 2 aliphatic rings. The first kappa shape index (κ1) is 23.6. The summed E-state index contributed by atoms with van der Waals surface area (Å²) in [4.78, 5) is 30.4. The molecule has 164 valence electrons. The molecule has 2 heterocycles. The van der Waals surface area contributed by atoms with Crippen LogP contribution in [0.4, 0.5) is 0 Å². The van der Waals surface area contributed by atoms with Crippen molar-refractivity contribution in [3.63, 3.8) is 0 Å². The predicted molar refractivity (Wildman–Crippen MR) is 115 cm³/mol. The van der Waals surface area contributed by atoms with Gasteiger partial charge in [0.2, 0.25) is 11.8 Å². The van der Waals surface area contributed by atoms with Gasteiger partial charge in [-0.25, -0.2) is 0 Å². The lowest BCUT2D eigenvalue weighted by Crippen LogP contribution is -2.74. The largest absolute Gasteiger partial charge is 0.389 e. The second kappa shape index (κ2) is 9.87. The van der Waals surface area contributed by atoms with Gasteiger partial charge in [-0.05, 0) is 53.2 Å². The Morgan fingerprint density at radius 3 is 2.34 bits per heavy atom. The van der Waals surface area contributed by atoms with Crippen LogP contribution >= 0.6 is 0 Å². The molecule has 2 N–H and O–H groups in total. The quantitative estimate of drug-likeness (QED) is 0.588. The van der Waals surface area contributed by atoms with E-state index in [0.717, 1.165) is 26.1 Å². The van der Waals surface area contributed by atoms with Crippen LogP contribution in [0.5, 0.6) is 0 Å². The number of nitrogens with one attached hydrogen (secondary N) is 1. The van der Waals surface area contributed by atoms with E-state index in [4.69, 9.17) is 0 Å². The smallest absolute Gasteiger partial charge is 0.246 e. The average Bonchev–Trinajstić information content (AvgIpc) is 2.62. The summed E-state index contributed by atoms with van der Waals surface area (Å²) < 4.78 is 0. The fourth-order valence-corrected chi connectivity index (χ4v) is 4.35. The summed E-state index contributed by atoms with van der Waals surface area (Å²) in [5.74, 6) is -0.119. The number of hydrogen-bond donors (Lipinski definition) is 2. The zero-order chi connectivity index (χ0) is 21.8. The summed E-state index contributed by atoms with van der Waals surface area (Å²) in [5.41, 5.74) is -0.867. The zero-order valence-corrected chi connectivity index (χ0v) is 18.6. The van der Waals surface area contributed by atoms with Crippen LogP contribution in [0.25, 0.3) is 0 Å². The standard InChI is InChI=1S/C22H38N4O3/c1-7-20(28)25-13-11-24(12-14-25)17(4)9-8-10-19(27)23-18-15-26(16(2)3)21(18)22(5,6)29/h7-8,10,16-18,21,29H,1,9,11-15H2,2-6H3,(H,23,27)/b10-8+. The first-order chi connectivity index (χ1) is 13.5. The number of carbonyl (C=O) groups excluding carboxylic acids is 2. The maximum absolute atomic E-state index is 12.3. The Kier molecular flexibility index (Phi) is 8.02. The molecule has 3 atom stereocenters. The molecule has 2 fully saturated rings. The number of carbonyl (C=O) groups is 2. The van der Waals surface area contributed by atoms with Crippen molar-refractivity contribution in [2.24, 2.45) is 0 Å². The Balaban J connectivity index is 1.77. The summed E-state index contributed by atoms with van der Waals surface area (Å²) in [6.45, 7) is 17.3. The number of likely N-dealkylation sites (tertiary alicyclic amines) is 1. The molecule has 0 aromatic carbocycles. The molecule has 7 heteroatoms. The molecule has 7 nitrogen and oxygen atoms in total. The van der Waals surface area contributed by atoms with Crippen molar-refractivity contribution in [1.29, 1.82) is 0 Å². The lowest BCUT2D eigenvalue weighted by atomic mass is 9.82. The van der Waals surface area contributed by atoms with Crippen LogP contribution in [0.2, 0.25) is 0 Å². The highest BCUT2D eigenvalue weighted by molar-refractivity contribution is 5.88. The number of aliphatic hydroxyl groups is 1. The first-order valence-corrected chi connectivity index (χ1v) is 10.6. The van der Waals surface area contributed by atoms with Gasteiger partial charge >= 0.3 is 0 Å². The Bertz CT molecular complexity index is 618. The van der Waals surface area contributed by atoms with Crippen molar-refractivity contribution < 1.29 is 14.7 Å². The predicted octanol–water partition coefficient (Wildman–Crippen LogP) is 1.000. The normalized spacial score (nSPS) is 25.1. The SMILES string of the molecule is C=CC(=O)N1CCN(C(C)C/C=C/C(=O)NC2CN(C(C)C)C2C(C)(C)O)CC1. The van der Waals surface area contributed by atoms with E-state index in [1.807, 2.05) is 11.0 Å². The van der Waals surface area contributed by atoms with E-state index in [-0.39, 0.29) is 23.9 Å². The number of hydrogen-bond acceptors (Lipinski definition) is 5. The third-order valence-electron chi connectivity index (χ3n) is 6.03. The molecule has 0 saturated carbocycles. The third kappa shape index (κ3) is 6.14. The summed E-state index contributed by atoms with van der Waals surface area (Å²) >= 11 is 0. The molecule has 2 rings (SSSR count). The number of rotatable bonds is 8. The van der Waals surface area contributed by atoms with Gasteiger partial charge in [0.05, 0.1) is 17.7 Å². The minimum atomic E-state index is -0.867. The van der Waals surface area contributed by atoms with Gasteiger partial charge in [0.25, 0.3) is 0 Å². The van der Waals surface area contributed by atoms with E-state index in [0.29, 0.717) is 25.2 Å². The van der Waals surface area contributed by atoms with Gasteiger partial charge in [-0.1, -0.05) is 12.7 Å². The maximum Gasteiger partial charge on any atom is 0.246 e. The van der Waals surface area contributed by atoms with E-state index in [9.17, 15) is 14.7 Å². The molecule has 0 aliphatic carbocycles. The van der Waals surface area contributed by atoms with Crippen LogP contribution < -0.4 is 5.32 Å². The van der Waals surface area contributed by atoms with Crippen LogP contribution in [0, 0.1) is 0 Å². The highest BCUT2D eigenvalue weighted by atomic mass is 16.3. The second-order valence-electron chi connectivity index (χ2n) is 9.06.